The van der Waals surface area contributed by atoms with Gasteiger partial charge in [0.1, 0.15) is 0 Å². The number of amides is 1. The van der Waals surface area contributed by atoms with Crippen molar-refractivity contribution < 1.29 is 14.4 Å². The van der Waals surface area contributed by atoms with E-state index in [9.17, 15) is 9.59 Å². The van der Waals surface area contributed by atoms with Crippen molar-refractivity contribution in [1.82, 2.24) is 0 Å². The lowest BCUT2D eigenvalue weighted by Gasteiger charge is -2.39. The zero-order valence-electron chi connectivity index (χ0n) is 18.9. The van der Waals surface area contributed by atoms with Gasteiger partial charge in [-0.15, -0.1) is 0 Å². The average Bonchev–Trinajstić information content (AvgIpc) is 3.05. The summed E-state index contributed by atoms with van der Waals surface area (Å²) >= 11 is 18.3. The van der Waals surface area contributed by atoms with Gasteiger partial charge in [-0.25, -0.2) is 4.79 Å². The number of rotatable bonds is 4. The molecule has 33 heavy (non-hydrogen) atoms. The highest BCUT2D eigenvalue weighted by Gasteiger charge is 2.71. The zero-order valence-corrected chi connectivity index (χ0v) is 21.2. The average molecular weight is 508 g/mol. The minimum Gasteiger partial charge on any atom is -0.326 e. The van der Waals surface area contributed by atoms with Crippen LogP contribution in [0.25, 0.3) is 0 Å². The van der Waals surface area contributed by atoms with Gasteiger partial charge in [-0.05, 0) is 61.1 Å². The van der Waals surface area contributed by atoms with E-state index in [4.69, 9.17) is 39.6 Å². The summed E-state index contributed by atoms with van der Waals surface area (Å²) in [7, 11) is 0. The number of nitrogens with one attached hydrogen (secondary N) is 1. The number of carbonyl (C=O) groups excluding carboxylic acids is 2. The molecule has 0 radical (unpaired) electrons. The van der Waals surface area contributed by atoms with Gasteiger partial charge >= 0.3 is 5.97 Å². The SMILES string of the molecule is Cc1ccc(NC(=O)C23CCC(C)(C(=NOC(=O)c4ccc(Cl)cc4Cl)C2)C3(C)C)cc1Cl. The van der Waals surface area contributed by atoms with Gasteiger partial charge in [0.15, 0.2) is 0 Å². The number of aryl methyl sites for hydroxylation is 1. The minimum absolute atomic E-state index is 0.0755. The fraction of sp³-hybridized carbons (Fsp3) is 0.400. The van der Waals surface area contributed by atoms with Crippen LogP contribution in [0, 0.1) is 23.2 Å². The molecule has 2 bridgehead atoms. The molecule has 2 unspecified atom stereocenters. The van der Waals surface area contributed by atoms with Crippen LogP contribution in [-0.4, -0.2) is 17.6 Å². The fourth-order valence-corrected chi connectivity index (χ4v) is 5.91. The number of nitrogens with zero attached hydrogens (tertiary/aromatic N) is 1. The van der Waals surface area contributed by atoms with Crippen molar-refractivity contribution in [3.05, 3.63) is 62.6 Å². The summed E-state index contributed by atoms with van der Waals surface area (Å²) in [6, 6.07) is 10.0. The Morgan fingerprint density at radius 2 is 1.73 bits per heavy atom. The Bertz CT molecular complexity index is 1190. The van der Waals surface area contributed by atoms with E-state index < -0.39 is 16.8 Å². The first-order chi connectivity index (χ1) is 15.4. The van der Waals surface area contributed by atoms with Gasteiger partial charge < -0.3 is 10.2 Å². The number of halogens is 3. The van der Waals surface area contributed by atoms with Gasteiger partial charge in [0.05, 0.1) is 21.7 Å². The summed E-state index contributed by atoms with van der Waals surface area (Å²) in [5, 5.41) is 8.52. The summed E-state index contributed by atoms with van der Waals surface area (Å²) < 4.78 is 0. The van der Waals surface area contributed by atoms with Crippen molar-refractivity contribution in [3.8, 4) is 0 Å². The van der Waals surface area contributed by atoms with Crippen LogP contribution >= 0.6 is 34.8 Å². The van der Waals surface area contributed by atoms with Gasteiger partial charge in [-0.3, -0.25) is 4.79 Å². The van der Waals surface area contributed by atoms with Gasteiger partial charge in [-0.1, -0.05) is 66.8 Å². The summed E-state index contributed by atoms with van der Waals surface area (Å²) in [5.41, 5.74) is 1.02. The maximum atomic E-state index is 13.6. The molecular formula is C25H25Cl3N2O3. The number of benzene rings is 2. The Balaban J connectivity index is 1.59. The van der Waals surface area contributed by atoms with Crippen LogP contribution in [0.5, 0.6) is 0 Å². The van der Waals surface area contributed by atoms with Crippen molar-refractivity contribution >= 4 is 58.1 Å². The molecule has 0 aromatic heterocycles. The number of carbonyl (C=O) groups is 2. The Morgan fingerprint density at radius 1 is 1.00 bits per heavy atom. The molecular weight excluding hydrogens is 483 g/mol. The Morgan fingerprint density at radius 3 is 2.39 bits per heavy atom. The second-order valence-corrected chi connectivity index (χ2v) is 10.9. The molecule has 0 heterocycles. The highest BCUT2D eigenvalue weighted by Crippen LogP contribution is 2.71. The molecule has 174 valence electrons. The maximum Gasteiger partial charge on any atom is 0.367 e. The first-order valence-corrected chi connectivity index (χ1v) is 11.9. The molecule has 4 rings (SSSR count). The van der Waals surface area contributed by atoms with E-state index in [1.165, 1.54) is 12.1 Å². The van der Waals surface area contributed by atoms with Crippen LogP contribution in [0.3, 0.4) is 0 Å². The van der Waals surface area contributed by atoms with E-state index in [1.807, 2.05) is 19.1 Å². The summed E-state index contributed by atoms with van der Waals surface area (Å²) in [5.74, 6) is -0.741. The topological polar surface area (TPSA) is 67.8 Å². The maximum absolute atomic E-state index is 13.6. The molecule has 2 saturated carbocycles. The molecule has 2 aliphatic rings. The van der Waals surface area contributed by atoms with Crippen LogP contribution in [-0.2, 0) is 9.63 Å². The van der Waals surface area contributed by atoms with Crippen molar-refractivity contribution in [3.63, 3.8) is 0 Å². The molecule has 1 amide bonds. The normalized spacial score (nSPS) is 26.5. The Kier molecular flexibility index (Phi) is 6.05. The first kappa shape index (κ1) is 24.1. The lowest BCUT2D eigenvalue weighted by atomic mass is 9.64. The third-order valence-corrected chi connectivity index (χ3v) is 8.94. The van der Waals surface area contributed by atoms with Gasteiger partial charge in [0, 0.05) is 27.6 Å². The summed E-state index contributed by atoms with van der Waals surface area (Å²) in [6.07, 6.45) is 1.89. The van der Waals surface area contributed by atoms with E-state index >= 15 is 0 Å². The second-order valence-electron chi connectivity index (χ2n) is 9.67. The van der Waals surface area contributed by atoms with E-state index in [0.29, 0.717) is 27.9 Å². The minimum atomic E-state index is -0.678. The second kappa shape index (κ2) is 8.30. The molecule has 0 spiro atoms. The summed E-state index contributed by atoms with van der Waals surface area (Å²) in [4.78, 5) is 31.4. The first-order valence-electron chi connectivity index (χ1n) is 10.7. The quantitative estimate of drug-likeness (QED) is 0.348. The molecule has 0 aliphatic heterocycles. The van der Waals surface area contributed by atoms with E-state index in [0.717, 1.165) is 18.4 Å². The monoisotopic (exact) mass is 506 g/mol. The molecule has 8 heteroatoms. The standard InChI is InChI=1S/C25H25Cl3N2O3/c1-14-5-7-16(12-18(14)27)29-22(32)25-10-9-24(4,23(25,2)3)20(13-25)30-33-21(31)17-8-6-15(26)11-19(17)28/h5-8,11-12H,9-10,13H2,1-4H3,(H,29,32). The van der Waals surface area contributed by atoms with Gasteiger partial charge in [0.25, 0.3) is 0 Å². The highest BCUT2D eigenvalue weighted by molar-refractivity contribution is 6.36. The number of oxime groups is 1. The van der Waals surface area contributed by atoms with Crippen molar-refractivity contribution in [1.29, 1.82) is 0 Å². The third kappa shape index (κ3) is 3.74. The predicted octanol–water partition coefficient (Wildman–Crippen LogP) is 7.32. The fourth-order valence-electron chi connectivity index (χ4n) is 5.24. The molecule has 2 aliphatic carbocycles. The van der Waals surface area contributed by atoms with Gasteiger partial charge in [-0.2, -0.15) is 0 Å². The van der Waals surface area contributed by atoms with Gasteiger partial charge in [0.2, 0.25) is 5.91 Å². The molecule has 5 nitrogen and oxygen atoms in total. The molecule has 1 N–H and O–H groups in total. The molecule has 2 aromatic rings. The molecule has 2 aromatic carbocycles. The van der Waals surface area contributed by atoms with Crippen molar-refractivity contribution in [2.45, 2.75) is 47.0 Å². The van der Waals surface area contributed by atoms with Crippen molar-refractivity contribution in [2.24, 2.45) is 21.4 Å². The Hall–Kier alpha value is -2.08. The van der Waals surface area contributed by atoms with E-state index in [2.05, 4.69) is 31.2 Å². The molecule has 0 saturated heterocycles. The summed E-state index contributed by atoms with van der Waals surface area (Å²) in [6.45, 7) is 8.17. The van der Waals surface area contributed by atoms with Crippen LogP contribution < -0.4 is 5.32 Å². The Labute approximate surface area is 208 Å². The molecule has 2 fully saturated rings. The lowest BCUT2D eigenvalue weighted by Crippen LogP contribution is -2.43. The smallest absolute Gasteiger partial charge is 0.326 e. The molecule has 2 atom stereocenters. The van der Waals surface area contributed by atoms with E-state index in [-0.39, 0.29) is 21.9 Å². The van der Waals surface area contributed by atoms with Crippen LogP contribution in [0.2, 0.25) is 15.1 Å². The van der Waals surface area contributed by atoms with Crippen LogP contribution in [0.15, 0.2) is 41.6 Å². The number of anilines is 1. The highest BCUT2D eigenvalue weighted by atomic mass is 35.5. The number of fused-ring (bicyclic) bond motifs is 2. The zero-order chi connectivity index (χ0) is 24.2. The number of hydrogen-bond donors (Lipinski definition) is 1. The lowest BCUT2D eigenvalue weighted by molar-refractivity contribution is -0.130. The number of hydrogen-bond acceptors (Lipinski definition) is 4. The van der Waals surface area contributed by atoms with Crippen LogP contribution in [0.4, 0.5) is 5.69 Å². The van der Waals surface area contributed by atoms with Crippen LogP contribution in [0.1, 0.15) is 56.0 Å². The predicted molar refractivity (Wildman–Crippen MR) is 132 cm³/mol. The van der Waals surface area contributed by atoms with E-state index in [1.54, 1.807) is 12.1 Å². The third-order valence-electron chi connectivity index (χ3n) is 7.99. The van der Waals surface area contributed by atoms with Crippen molar-refractivity contribution in [2.75, 3.05) is 5.32 Å². The largest absolute Gasteiger partial charge is 0.367 e.